The van der Waals surface area contributed by atoms with Gasteiger partial charge in [0.15, 0.2) is 0 Å². The van der Waals surface area contributed by atoms with Crippen LogP contribution in [0.15, 0.2) is 59.8 Å². The Morgan fingerprint density at radius 2 is 1.85 bits per heavy atom. The van der Waals surface area contributed by atoms with E-state index in [0.717, 1.165) is 49.1 Å². The van der Waals surface area contributed by atoms with E-state index >= 15 is 0 Å². The topological polar surface area (TPSA) is 67.1 Å². The lowest BCUT2D eigenvalue weighted by molar-refractivity contribution is -0.138. The van der Waals surface area contributed by atoms with Crippen molar-refractivity contribution in [3.8, 4) is 5.75 Å². The molecule has 5 rings (SSSR count). The van der Waals surface area contributed by atoms with Crippen LogP contribution in [0.3, 0.4) is 0 Å². The molecule has 0 amide bonds. The summed E-state index contributed by atoms with van der Waals surface area (Å²) in [6.45, 7) is 3.13. The molecule has 216 valence electrons. The van der Waals surface area contributed by atoms with Crippen molar-refractivity contribution in [1.82, 2.24) is 26.0 Å². The molecule has 0 unspecified atom stereocenters. The van der Waals surface area contributed by atoms with E-state index < -0.39 is 11.7 Å². The fourth-order valence-corrected chi connectivity index (χ4v) is 5.63. The maximum atomic E-state index is 13.7. The van der Waals surface area contributed by atoms with Crippen molar-refractivity contribution in [1.29, 1.82) is 0 Å². The minimum Gasteiger partial charge on any atom is -0.494 e. The number of hydrogen-bond donors (Lipinski definition) is 4. The van der Waals surface area contributed by atoms with Crippen molar-refractivity contribution in [2.24, 2.45) is 0 Å². The molecule has 0 saturated carbocycles. The summed E-state index contributed by atoms with van der Waals surface area (Å²) in [7, 11) is 5.90. The molecule has 0 bridgehead atoms. The zero-order chi connectivity index (χ0) is 28.4. The lowest BCUT2D eigenvalue weighted by Gasteiger charge is -2.37. The van der Waals surface area contributed by atoms with Crippen LogP contribution in [0.5, 0.6) is 5.75 Å². The van der Waals surface area contributed by atoms with Crippen molar-refractivity contribution in [2.75, 3.05) is 57.6 Å². The van der Waals surface area contributed by atoms with Gasteiger partial charge in [0.2, 0.25) is 0 Å². The molecule has 8 nitrogen and oxygen atoms in total. The summed E-state index contributed by atoms with van der Waals surface area (Å²) in [6.07, 6.45) is -0.376. The van der Waals surface area contributed by atoms with Gasteiger partial charge in [0, 0.05) is 61.6 Å². The second kappa shape index (κ2) is 11.6. The maximum Gasteiger partial charge on any atom is 0.416 e. The number of rotatable bonds is 7. The predicted molar refractivity (Wildman–Crippen MR) is 152 cm³/mol. The molecule has 3 aliphatic heterocycles. The van der Waals surface area contributed by atoms with Crippen molar-refractivity contribution < 1.29 is 17.9 Å². The van der Waals surface area contributed by atoms with Crippen molar-refractivity contribution in [2.45, 2.75) is 31.6 Å². The number of methoxy groups -OCH3 is 1. The third-order valence-electron chi connectivity index (χ3n) is 7.63. The molecular formula is C28H35ClF3N7O. The lowest BCUT2D eigenvalue weighted by atomic mass is 10.0. The summed E-state index contributed by atoms with van der Waals surface area (Å²) >= 11 is 6.07. The molecule has 2 aromatic rings. The smallest absolute Gasteiger partial charge is 0.416 e. The fraction of sp³-hybridized carbons (Fsp3) is 0.429. The number of piperidine rings is 1. The van der Waals surface area contributed by atoms with E-state index in [1.807, 2.05) is 23.1 Å². The van der Waals surface area contributed by atoms with Crippen molar-refractivity contribution in [3.63, 3.8) is 0 Å². The van der Waals surface area contributed by atoms with Gasteiger partial charge in [-0.2, -0.15) is 13.2 Å². The number of ether oxygens (including phenoxy) is 1. The number of alkyl halides is 3. The van der Waals surface area contributed by atoms with Gasteiger partial charge in [-0.15, -0.1) is 0 Å². The average molecular weight is 578 g/mol. The molecule has 3 aliphatic rings. The standard InChI is InChI=1S/C28H35ClF3N7O/c1-37(2)20-8-11-38(12-9-20)21-5-7-23(25(15-21)40-3)34-26-16-24-27(36-35-26)33-10-13-39(24)17-18-14-19(29)4-6-22(18)28(30,31)32/h4-7,14-16,20,33-36H,8-13,17H2,1-3H3. The van der Waals surface area contributed by atoms with Gasteiger partial charge < -0.3 is 30.1 Å². The Morgan fingerprint density at radius 1 is 1.07 bits per heavy atom. The predicted octanol–water partition coefficient (Wildman–Crippen LogP) is 4.53. The summed E-state index contributed by atoms with van der Waals surface area (Å²) < 4.78 is 46.8. The summed E-state index contributed by atoms with van der Waals surface area (Å²) in [5.41, 5.74) is 8.30. The van der Waals surface area contributed by atoms with Crippen LogP contribution < -0.4 is 31.1 Å². The average Bonchev–Trinajstić information content (AvgIpc) is 2.93. The first kappa shape index (κ1) is 28.1. The molecule has 1 saturated heterocycles. The number of hydrogen-bond acceptors (Lipinski definition) is 8. The summed E-state index contributed by atoms with van der Waals surface area (Å²) in [5, 5.41) is 6.90. The Kier molecular flexibility index (Phi) is 8.14. The Bertz CT molecular complexity index is 1290. The highest BCUT2D eigenvalue weighted by Gasteiger charge is 2.34. The second-order valence-electron chi connectivity index (χ2n) is 10.4. The van der Waals surface area contributed by atoms with Gasteiger partial charge in [0.25, 0.3) is 0 Å². The van der Waals surface area contributed by atoms with Gasteiger partial charge in [-0.25, -0.2) is 0 Å². The highest BCUT2D eigenvalue weighted by molar-refractivity contribution is 6.30. The lowest BCUT2D eigenvalue weighted by Crippen LogP contribution is -2.49. The van der Waals surface area contributed by atoms with Crippen LogP contribution in [0.4, 0.5) is 24.5 Å². The molecule has 0 spiro atoms. The Hall–Kier alpha value is -3.44. The van der Waals surface area contributed by atoms with Gasteiger partial charge in [0.1, 0.15) is 17.4 Å². The third-order valence-corrected chi connectivity index (χ3v) is 7.87. The van der Waals surface area contributed by atoms with E-state index in [2.05, 4.69) is 51.4 Å². The Morgan fingerprint density at radius 3 is 2.55 bits per heavy atom. The molecule has 1 fully saturated rings. The van der Waals surface area contributed by atoms with Crippen LogP contribution >= 0.6 is 11.6 Å². The monoisotopic (exact) mass is 577 g/mol. The van der Waals surface area contributed by atoms with Gasteiger partial charge in [-0.3, -0.25) is 10.9 Å². The zero-order valence-electron chi connectivity index (χ0n) is 22.8. The number of allylic oxidation sites excluding steroid dienone is 1. The van der Waals surface area contributed by atoms with Crippen LogP contribution in [0.1, 0.15) is 24.0 Å². The first-order valence-electron chi connectivity index (χ1n) is 13.3. The van der Waals surface area contributed by atoms with E-state index in [-0.39, 0.29) is 17.1 Å². The van der Waals surface area contributed by atoms with Crippen LogP contribution in [-0.4, -0.2) is 63.2 Å². The molecule has 40 heavy (non-hydrogen) atoms. The Labute approximate surface area is 237 Å². The molecule has 2 aromatic carbocycles. The van der Waals surface area contributed by atoms with E-state index in [1.165, 1.54) is 12.1 Å². The minimum absolute atomic E-state index is 0.0594. The number of nitrogens with one attached hydrogen (secondary N) is 4. The first-order chi connectivity index (χ1) is 19.1. The van der Waals surface area contributed by atoms with Crippen LogP contribution in [-0.2, 0) is 12.7 Å². The SMILES string of the molecule is COc1cc(N2CCC(N(C)C)CC2)ccc1NC1=CC2=C(NCCN2Cc2cc(Cl)ccc2C(F)(F)F)NN1. The molecule has 0 aliphatic carbocycles. The van der Waals surface area contributed by atoms with E-state index in [1.54, 1.807) is 7.11 Å². The highest BCUT2D eigenvalue weighted by Crippen LogP contribution is 2.36. The first-order valence-corrected chi connectivity index (χ1v) is 13.7. The minimum atomic E-state index is -4.47. The second-order valence-corrected chi connectivity index (χ2v) is 10.8. The van der Waals surface area contributed by atoms with E-state index in [0.29, 0.717) is 36.5 Å². The molecule has 12 heteroatoms. The van der Waals surface area contributed by atoms with Gasteiger partial charge in [0.05, 0.1) is 24.1 Å². The summed E-state index contributed by atoms with van der Waals surface area (Å²) in [4.78, 5) is 6.57. The fourth-order valence-electron chi connectivity index (χ4n) is 5.43. The number of benzene rings is 2. The quantitative estimate of drug-likeness (QED) is 0.383. The number of hydrazine groups is 1. The van der Waals surface area contributed by atoms with Crippen LogP contribution in [0, 0.1) is 0 Å². The zero-order valence-corrected chi connectivity index (χ0v) is 23.6. The van der Waals surface area contributed by atoms with Crippen molar-refractivity contribution in [3.05, 3.63) is 76.0 Å². The largest absolute Gasteiger partial charge is 0.494 e. The number of halogens is 4. The number of anilines is 2. The van der Waals surface area contributed by atoms with Gasteiger partial charge in [-0.1, -0.05) is 11.6 Å². The number of nitrogens with zero attached hydrogens (tertiary/aromatic N) is 3. The molecule has 3 heterocycles. The molecule has 0 radical (unpaired) electrons. The Balaban J connectivity index is 1.34. The van der Waals surface area contributed by atoms with Crippen LogP contribution in [0.2, 0.25) is 5.02 Å². The summed E-state index contributed by atoms with van der Waals surface area (Å²) in [6, 6.07) is 10.4. The molecular weight excluding hydrogens is 543 g/mol. The molecule has 4 N–H and O–H groups in total. The van der Waals surface area contributed by atoms with Crippen molar-refractivity contribution >= 4 is 23.0 Å². The van der Waals surface area contributed by atoms with E-state index in [4.69, 9.17) is 16.3 Å². The van der Waals surface area contributed by atoms with Gasteiger partial charge in [-0.05, 0) is 62.8 Å². The molecule has 0 aromatic heterocycles. The third kappa shape index (κ3) is 6.15. The normalized spacial score (nSPS) is 18.1. The highest BCUT2D eigenvalue weighted by atomic mass is 35.5. The van der Waals surface area contributed by atoms with E-state index in [9.17, 15) is 13.2 Å². The molecule has 0 atom stereocenters. The van der Waals surface area contributed by atoms with Gasteiger partial charge >= 0.3 is 6.18 Å². The summed E-state index contributed by atoms with van der Waals surface area (Å²) in [5.74, 6) is 2.02. The maximum absolute atomic E-state index is 13.7. The van der Waals surface area contributed by atoms with Crippen LogP contribution in [0.25, 0.3) is 0 Å².